The molecule has 0 aliphatic carbocycles. The second kappa shape index (κ2) is 5.30. The van der Waals surface area contributed by atoms with Crippen molar-refractivity contribution in [3.63, 3.8) is 0 Å². The predicted octanol–water partition coefficient (Wildman–Crippen LogP) is -0.898. The molecule has 0 saturated carbocycles. The lowest BCUT2D eigenvalue weighted by Gasteiger charge is -2.43. The number of β-lactam (4-membered cyclic amide) rings is 1. The van der Waals surface area contributed by atoms with Crippen molar-refractivity contribution in [1.29, 1.82) is 0 Å². The van der Waals surface area contributed by atoms with Gasteiger partial charge in [0.05, 0.1) is 48.0 Å². The van der Waals surface area contributed by atoms with Crippen LogP contribution >= 0.6 is 11.8 Å². The van der Waals surface area contributed by atoms with Crippen molar-refractivity contribution in [2.75, 3.05) is 33.3 Å². The van der Waals surface area contributed by atoms with Crippen LogP contribution in [0.5, 0.6) is 0 Å². The zero-order valence-electron chi connectivity index (χ0n) is 12.1. The standard InChI is InChI=1S/C14H20N2O4S/c1-16(5-2-3-6-16)8-10-11(14(19)20)15-12(18)9(4-7-17)13(15)21-10/h9,13,17H,2-8H2,1H3/t9-,13+/m0/s1. The Morgan fingerprint density at radius 2 is 2.14 bits per heavy atom. The molecule has 1 N–H and O–H groups in total. The number of carboxylic acids is 1. The highest BCUT2D eigenvalue weighted by Crippen LogP contribution is 2.50. The van der Waals surface area contributed by atoms with Crippen LogP contribution in [0.15, 0.2) is 10.6 Å². The van der Waals surface area contributed by atoms with Crippen molar-refractivity contribution in [2.45, 2.75) is 24.6 Å². The molecular weight excluding hydrogens is 292 g/mol. The number of rotatable bonds is 5. The number of fused-ring (bicyclic) bond motifs is 1. The fourth-order valence-corrected chi connectivity index (χ4v) is 5.27. The number of hydrogen-bond acceptors (Lipinski definition) is 5. The van der Waals surface area contributed by atoms with Gasteiger partial charge in [-0.1, -0.05) is 11.8 Å². The third kappa shape index (κ3) is 2.37. The van der Waals surface area contributed by atoms with Crippen LogP contribution in [-0.4, -0.2) is 65.0 Å². The van der Waals surface area contributed by atoms with E-state index in [2.05, 4.69) is 7.05 Å². The average molecular weight is 312 g/mol. The molecule has 3 aliphatic heterocycles. The second-order valence-corrected chi connectivity index (χ2v) is 7.54. The van der Waals surface area contributed by atoms with E-state index >= 15 is 0 Å². The number of carbonyl (C=O) groups excluding carboxylic acids is 2. The number of carboxylic acid groups (broad SMARTS) is 1. The van der Waals surface area contributed by atoms with Gasteiger partial charge in [0.2, 0.25) is 5.91 Å². The van der Waals surface area contributed by atoms with E-state index in [-0.39, 0.29) is 29.5 Å². The molecule has 0 bridgehead atoms. The Morgan fingerprint density at radius 1 is 1.48 bits per heavy atom. The quantitative estimate of drug-likeness (QED) is 0.526. The van der Waals surface area contributed by atoms with Gasteiger partial charge in [0.25, 0.3) is 0 Å². The van der Waals surface area contributed by atoms with Crippen molar-refractivity contribution < 1.29 is 24.3 Å². The van der Waals surface area contributed by atoms with Crippen LogP contribution < -0.4 is 5.11 Å². The number of aliphatic carboxylic acids is 1. The fraction of sp³-hybridized carbons (Fsp3) is 0.714. The summed E-state index contributed by atoms with van der Waals surface area (Å²) in [7, 11) is 2.13. The summed E-state index contributed by atoms with van der Waals surface area (Å²) in [5.74, 6) is -1.72. The smallest absolute Gasteiger partial charge is 0.234 e. The Kier molecular flexibility index (Phi) is 3.75. The van der Waals surface area contributed by atoms with Gasteiger partial charge in [0.15, 0.2) is 0 Å². The molecule has 0 aromatic rings. The third-order valence-corrected chi connectivity index (χ3v) is 6.11. The maximum atomic E-state index is 12.1. The highest BCUT2D eigenvalue weighted by Gasteiger charge is 2.54. The predicted molar refractivity (Wildman–Crippen MR) is 75.5 cm³/mol. The SMILES string of the molecule is C[N+]1(CC2=C(C(=O)[O-])N3C(=O)[C@H](CCO)[C@H]3S2)CCCC1. The van der Waals surface area contributed by atoms with Crippen molar-refractivity contribution in [2.24, 2.45) is 5.92 Å². The summed E-state index contributed by atoms with van der Waals surface area (Å²) >= 11 is 1.47. The molecular formula is C14H20N2O4S. The Morgan fingerprint density at radius 3 is 2.71 bits per heavy atom. The highest BCUT2D eigenvalue weighted by atomic mass is 32.2. The number of nitrogens with zero attached hydrogens (tertiary/aromatic N) is 2. The molecule has 21 heavy (non-hydrogen) atoms. The van der Waals surface area contributed by atoms with Gasteiger partial charge in [-0.15, -0.1) is 0 Å². The lowest BCUT2D eigenvalue weighted by molar-refractivity contribution is -0.892. The monoisotopic (exact) mass is 312 g/mol. The first kappa shape index (κ1) is 14.9. The first-order valence-corrected chi connectivity index (χ1v) is 8.23. The largest absolute Gasteiger partial charge is 0.543 e. The lowest BCUT2D eigenvalue weighted by atomic mass is 9.94. The zero-order chi connectivity index (χ0) is 15.2. The minimum atomic E-state index is -1.26. The number of aliphatic hydroxyl groups is 1. The van der Waals surface area contributed by atoms with Crippen LogP contribution in [0, 0.1) is 5.92 Å². The second-order valence-electron chi connectivity index (χ2n) is 6.33. The number of likely N-dealkylation sites (N-methyl/N-ethyl adjacent to an activating group) is 1. The molecule has 3 aliphatic rings. The molecule has 0 unspecified atom stereocenters. The Hall–Kier alpha value is -1.05. The van der Waals surface area contributed by atoms with E-state index in [1.165, 1.54) is 16.7 Å². The van der Waals surface area contributed by atoms with E-state index in [0.29, 0.717) is 13.0 Å². The van der Waals surface area contributed by atoms with Gasteiger partial charge in [-0.25, -0.2) is 0 Å². The van der Waals surface area contributed by atoms with Crippen molar-refractivity contribution in [3.8, 4) is 0 Å². The van der Waals surface area contributed by atoms with Gasteiger partial charge in [0.1, 0.15) is 6.54 Å². The van der Waals surface area contributed by atoms with Gasteiger partial charge in [0, 0.05) is 19.4 Å². The zero-order valence-corrected chi connectivity index (χ0v) is 12.9. The molecule has 2 atom stereocenters. The van der Waals surface area contributed by atoms with Crippen molar-refractivity contribution in [1.82, 2.24) is 4.90 Å². The normalized spacial score (nSPS) is 30.6. The summed E-state index contributed by atoms with van der Waals surface area (Å²) in [5.41, 5.74) is 0.0652. The Bertz CT molecular complexity index is 513. The van der Waals surface area contributed by atoms with Crippen LogP contribution in [0.4, 0.5) is 0 Å². The van der Waals surface area contributed by atoms with Gasteiger partial charge in [-0.2, -0.15) is 0 Å². The molecule has 2 fully saturated rings. The molecule has 2 saturated heterocycles. The lowest BCUT2D eigenvalue weighted by Crippen LogP contribution is -2.58. The van der Waals surface area contributed by atoms with Crippen LogP contribution in [0.3, 0.4) is 0 Å². The van der Waals surface area contributed by atoms with E-state index < -0.39 is 5.97 Å². The summed E-state index contributed by atoms with van der Waals surface area (Å²) in [4.78, 5) is 25.7. The number of likely N-dealkylation sites (tertiary alicyclic amines) is 1. The molecule has 3 rings (SSSR count). The van der Waals surface area contributed by atoms with Crippen molar-refractivity contribution in [3.05, 3.63) is 10.6 Å². The van der Waals surface area contributed by atoms with Crippen LogP contribution in [0.25, 0.3) is 0 Å². The number of hydrogen-bond donors (Lipinski definition) is 1. The Balaban J connectivity index is 1.82. The van der Waals surface area contributed by atoms with Gasteiger partial charge in [-0.3, -0.25) is 9.69 Å². The number of thioether (sulfide) groups is 1. The molecule has 0 radical (unpaired) electrons. The summed E-state index contributed by atoms with van der Waals surface area (Å²) in [5, 5.41) is 20.3. The van der Waals surface area contributed by atoms with E-state index in [9.17, 15) is 14.7 Å². The van der Waals surface area contributed by atoms with E-state index in [0.717, 1.165) is 35.3 Å². The summed E-state index contributed by atoms with van der Waals surface area (Å²) in [6.45, 7) is 2.69. The molecule has 1 amide bonds. The number of carbonyl (C=O) groups is 2. The fourth-order valence-electron chi connectivity index (χ4n) is 3.57. The summed E-state index contributed by atoms with van der Waals surface area (Å²) in [6, 6.07) is 0. The number of quaternary nitrogens is 1. The van der Waals surface area contributed by atoms with Crippen LogP contribution in [0.2, 0.25) is 0 Å². The molecule has 7 heteroatoms. The van der Waals surface area contributed by atoms with Gasteiger partial charge >= 0.3 is 0 Å². The number of amides is 1. The molecule has 3 heterocycles. The topological polar surface area (TPSA) is 80.7 Å². The average Bonchev–Trinajstić information content (AvgIpc) is 2.99. The van der Waals surface area contributed by atoms with E-state index in [1.807, 2.05) is 0 Å². The Labute approximate surface area is 128 Å². The third-order valence-electron chi connectivity index (χ3n) is 4.73. The van der Waals surface area contributed by atoms with Crippen LogP contribution in [0.1, 0.15) is 19.3 Å². The molecule has 6 nitrogen and oxygen atoms in total. The van der Waals surface area contributed by atoms with Gasteiger partial charge in [-0.05, 0) is 6.42 Å². The minimum Gasteiger partial charge on any atom is -0.543 e. The molecule has 116 valence electrons. The van der Waals surface area contributed by atoms with Crippen LogP contribution in [-0.2, 0) is 9.59 Å². The van der Waals surface area contributed by atoms with Crippen molar-refractivity contribution >= 4 is 23.6 Å². The maximum Gasteiger partial charge on any atom is 0.234 e. The number of aliphatic hydroxyl groups excluding tert-OH is 1. The first-order valence-electron chi connectivity index (χ1n) is 7.35. The van der Waals surface area contributed by atoms with Gasteiger partial charge < -0.3 is 19.5 Å². The summed E-state index contributed by atoms with van der Waals surface area (Å²) < 4.78 is 0.832. The van der Waals surface area contributed by atoms with E-state index in [4.69, 9.17) is 5.11 Å². The maximum absolute atomic E-state index is 12.1. The first-order chi connectivity index (χ1) is 9.97. The molecule has 0 spiro atoms. The molecule has 0 aromatic heterocycles. The minimum absolute atomic E-state index is 0.0505. The summed E-state index contributed by atoms with van der Waals surface area (Å²) in [6.07, 6.45) is 2.72. The molecule has 0 aromatic carbocycles. The van der Waals surface area contributed by atoms with E-state index in [1.54, 1.807) is 0 Å². The highest BCUT2D eigenvalue weighted by molar-refractivity contribution is 8.04.